The molecule has 3 nitrogen and oxygen atoms in total. The van der Waals surface area contributed by atoms with Gasteiger partial charge in [-0.05, 0) is 18.9 Å². The molecule has 2 rings (SSSR count). The molecule has 0 atom stereocenters. The van der Waals surface area contributed by atoms with Crippen molar-refractivity contribution in [3.05, 3.63) is 14.7 Å². The van der Waals surface area contributed by atoms with Gasteiger partial charge in [0.25, 0.3) is 0 Å². The SMILES string of the molecule is O=S(=O)(c1cc(Cl)sc1Cl)N1CCCCCC1. The molecular formula is C10H13Cl2NO2S2. The highest BCUT2D eigenvalue weighted by Gasteiger charge is 2.28. The largest absolute Gasteiger partial charge is 0.245 e. The van der Waals surface area contributed by atoms with Gasteiger partial charge in [-0.25, -0.2) is 8.42 Å². The number of hydrogen-bond donors (Lipinski definition) is 0. The highest BCUT2D eigenvalue weighted by Crippen LogP contribution is 2.36. The van der Waals surface area contributed by atoms with Crippen LogP contribution in [0.5, 0.6) is 0 Å². The molecule has 1 saturated heterocycles. The zero-order valence-corrected chi connectivity index (χ0v) is 12.3. The van der Waals surface area contributed by atoms with E-state index in [1.54, 1.807) is 0 Å². The molecule has 0 radical (unpaired) electrons. The molecule has 0 saturated carbocycles. The first-order valence-electron chi connectivity index (χ1n) is 5.47. The third kappa shape index (κ3) is 2.96. The Kier molecular flexibility index (Phi) is 4.36. The van der Waals surface area contributed by atoms with E-state index >= 15 is 0 Å². The number of nitrogens with zero attached hydrogens (tertiary/aromatic N) is 1. The van der Waals surface area contributed by atoms with E-state index in [1.807, 2.05) is 0 Å². The first-order chi connectivity index (χ1) is 8.01. The van der Waals surface area contributed by atoms with E-state index in [0.717, 1.165) is 37.0 Å². The molecule has 0 spiro atoms. The van der Waals surface area contributed by atoms with Crippen LogP contribution in [0.2, 0.25) is 8.67 Å². The van der Waals surface area contributed by atoms with Gasteiger partial charge in [-0.1, -0.05) is 36.0 Å². The molecule has 2 heterocycles. The van der Waals surface area contributed by atoms with Crippen LogP contribution in [0.3, 0.4) is 0 Å². The van der Waals surface area contributed by atoms with Gasteiger partial charge in [0.2, 0.25) is 10.0 Å². The summed E-state index contributed by atoms with van der Waals surface area (Å²) in [6.07, 6.45) is 4.00. The summed E-state index contributed by atoms with van der Waals surface area (Å²) in [7, 11) is -3.47. The van der Waals surface area contributed by atoms with Crippen molar-refractivity contribution in [2.24, 2.45) is 0 Å². The second kappa shape index (κ2) is 5.45. The summed E-state index contributed by atoms with van der Waals surface area (Å²) in [5, 5.41) is 0. The second-order valence-corrected chi connectivity index (χ2v) is 8.20. The molecule has 0 N–H and O–H groups in total. The minimum absolute atomic E-state index is 0.149. The van der Waals surface area contributed by atoms with E-state index in [-0.39, 0.29) is 9.23 Å². The topological polar surface area (TPSA) is 37.4 Å². The van der Waals surface area contributed by atoms with Crippen molar-refractivity contribution in [3.63, 3.8) is 0 Å². The van der Waals surface area contributed by atoms with Gasteiger partial charge in [0.1, 0.15) is 9.23 Å². The summed E-state index contributed by atoms with van der Waals surface area (Å²) >= 11 is 12.8. The van der Waals surface area contributed by atoms with Gasteiger partial charge in [0.05, 0.1) is 4.34 Å². The number of halogens is 2. The fourth-order valence-corrected chi connectivity index (χ4v) is 5.55. The van der Waals surface area contributed by atoms with E-state index in [9.17, 15) is 8.42 Å². The summed E-state index contributed by atoms with van der Waals surface area (Å²) < 4.78 is 26.9. The van der Waals surface area contributed by atoms with Crippen molar-refractivity contribution in [1.82, 2.24) is 4.31 Å². The Morgan fingerprint density at radius 2 is 1.71 bits per heavy atom. The third-order valence-corrected chi connectivity index (χ3v) is 6.46. The van der Waals surface area contributed by atoms with Crippen LogP contribution in [0.15, 0.2) is 11.0 Å². The van der Waals surface area contributed by atoms with Gasteiger partial charge in [0.15, 0.2) is 0 Å². The summed E-state index contributed by atoms with van der Waals surface area (Å²) in [6, 6.07) is 1.44. The molecule has 1 aliphatic heterocycles. The molecule has 17 heavy (non-hydrogen) atoms. The molecule has 1 aromatic heterocycles. The van der Waals surface area contributed by atoms with Crippen LogP contribution in [0.25, 0.3) is 0 Å². The molecule has 0 amide bonds. The average Bonchev–Trinajstić information content (AvgIpc) is 2.52. The number of rotatable bonds is 2. The van der Waals surface area contributed by atoms with Gasteiger partial charge >= 0.3 is 0 Å². The molecule has 96 valence electrons. The Morgan fingerprint density at radius 3 is 2.18 bits per heavy atom. The average molecular weight is 314 g/mol. The molecule has 1 aliphatic rings. The van der Waals surface area contributed by atoms with Gasteiger partial charge in [-0.15, -0.1) is 11.3 Å². The molecule has 7 heteroatoms. The first-order valence-corrected chi connectivity index (χ1v) is 8.48. The number of hydrogen-bond acceptors (Lipinski definition) is 3. The number of thiophene rings is 1. The third-order valence-electron chi connectivity index (χ3n) is 2.81. The molecule has 0 unspecified atom stereocenters. The number of sulfonamides is 1. The van der Waals surface area contributed by atoms with Crippen LogP contribution >= 0.6 is 34.5 Å². The monoisotopic (exact) mass is 313 g/mol. The quantitative estimate of drug-likeness (QED) is 0.836. The Balaban J connectivity index is 2.31. The highest BCUT2D eigenvalue weighted by atomic mass is 35.5. The summed E-state index contributed by atoms with van der Waals surface area (Å²) in [5.74, 6) is 0. The molecule has 1 fully saturated rings. The van der Waals surface area contributed by atoms with E-state index in [4.69, 9.17) is 23.2 Å². The van der Waals surface area contributed by atoms with E-state index < -0.39 is 10.0 Å². The standard InChI is InChI=1S/C10H13Cl2NO2S2/c11-9-7-8(10(12)16-9)17(14,15)13-5-3-1-2-4-6-13/h7H,1-6H2. The van der Waals surface area contributed by atoms with Crippen LogP contribution in [0.1, 0.15) is 25.7 Å². The van der Waals surface area contributed by atoms with Crippen LogP contribution in [0.4, 0.5) is 0 Å². The van der Waals surface area contributed by atoms with Gasteiger partial charge in [0, 0.05) is 13.1 Å². The lowest BCUT2D eigenvalue weighted by molar-refractivity contribution is 0.424. The lowest BCUT2D eigenvalue weighted by Crippen LogP contribution is -2.31. The van der Waals surface area contributed by atoms with Crippen LogP contribution in [0, 0.1) is 0 Å². The van der Waals surface area contributed by atoms with Crippen molar-refractivity contribution in [2.45, 2.75) is 30.6 Å². The minimum atomic E-state index is -3.47. The van der Waals surface area contributed by atoms with Gasteiger partial charge < -0.3 is 0 Å². The van der Waals surface area contributed by atoms with E-state index in [0.29, 0.717) is 17.4 Å². The molecule has 0 bridgehead atoms. The summed E-state index contributed by atoms with van der Waals surface area (Å²) in [5.41, 5.74) is 0. The summed E-state index contributed by atoms with van der Waals surface area (Å²) in [4.78, 5) is 0.149. The van der Waals surface area contributed by atoms with Crippen molar-refractivity contribution in [2.75, 3.05) is 13.1 Å². The normalized spacial score (nSPS) is 19.2. The Labute approximate surface area is 115 Å². The fourth-order valence-electron chi connectivity index (χ4n) is 1.92. The maximum absolute atomic E-state index is 12.4. The maximum atomic E-state index is 12.4. The van der Waals surface area contributed by atoms with Crippen LogP contribution < -0.4 is 0 Å². The predicted molar refractivity (Wildman–Crippen MR) is 71.6 cm³/mol. The molecule has 0 aromatic carbocycles. The molecule has 0 aliphatic carbocycles. The molecular weight excluding hydrogens is 301 g/mol. The predicted octanol–water partition coefficient (Wildman–Crippen LogP) is 3.62. The second-order valence-electron chi connectivity index (χ2n) is 4.01. The fraction of sp³-hybridized carbons (Fsp3) is 0.600. The van der Waals surface area contributed by atoms with Crippen molar-refractivity contribution < 1.29 is 8.42 Å². The molecule has 1 aromatic rings. The summed E-state index contributed by atoms with van der Waals surface area (Å²) in [6.45, 7) is 1.15. The first kappa shape index (κ1) is 13.6. The van der Waals surface area contributed by atoms with Crippen molar-refractivity contribution in [3.8, 4) is 0 Å². The van der Waals surface area contributed by atoms with Crippen LogP contribution in [-0.2, 0) is 10.0 Å². The van der Waals surface area contributed by atoms with Crippen molar-refractivity contribution in [1.29, 1.82) is 0 Å². The smallest absolute Gasteiger partial charge is 0.207 e. The highest BCUT2D eigenvalue weighted by molar-refractivity contribution is 7.89. The lowest BCUT2D eigenvalue weighted by atomic mass is 10.2. The maximum Gasteiger partial charge on any atom is 0.245 e. The zero-order chi connectivity index (χ0) is 12.5. The van der Waals surface area contributed by atoms with Gasteiger partial charge in [-0.3, -0.25) is 0 Å². The Morgan fingerprint density at radius 1 is 1.12 bits per heavy atom. The van der Waals surface area contributed by atoms with Crippen LogP contribution in [-0.4, -0.2) is 25.8 Å². The van der Waals surface area contributed by atoms with Gasteiger partial charge in [-0.2, -0.15) is 4.31 Å². The van der Waals surface area contributed by atoms with E-state index in [2.05, 4.69) is 0 Å². The van der Waals surface area contributed by atoms with E-state index in [1.165, 1.54) is 10.4 Å². The van der Waals surface area contributed by atoms with Crippen molar-refractivity contribution >= 4 is 44.6 Å². The zero-order valence-electron chi connectivity index (χ0n) is 9.16. The Hall–Kier alpha value is 0.190. The Bertz CT molecular complexity index is 490. The lowest BCUT2D eigenvalue weighted by Gasteiger charge is -2.19. The minimum Gasteiger partial charge on any atom is -0.207 e.